The summed E-state index contributed by atoms with van der Waals surface area (Å²) in [5, 5.41) is 12.3. The number of hydrogen-bond donors (Lipinski definition) is 2. The van der Waals surface area contributed by atoms with Crippen molar-refractivity contribution in [3.05, 3.63) is 59.0 Å². The predicted octanol–water partition coefficient (Wildman–Crippen LogP) is 2.49. The standard InChI is InChI=1S/C20H26N6/c1-14-18(15(2)26(4)25-14)13-23-20(21-3)22-12-11-17-10-9-16-7-5-6-8-19(16)24-17/h5-10H,11-13H2,1-4H3,(H2,21,22,23). The zero-order chi connectivity index (χ0) is 18.5. The fraction of sp³-hybridized carbons (Fsp3) is 0.350. The molecule has 2 N–H and O–H groups in total. The van der Waals surface area contributed by atoms with Gasteiger partial charge >= 0.3 is 0 Å². The van der Waals surface area contributed by atoms with E-state index in [1.165, 1.54) is 16.6 Å². The highest BCUT2D eigenvalue weighted by atomic mass is 15.3. The summed E-state index contributed by atoms with van der Waals surface area (Å²) < 4.78 is 1.91. The second kappa shape index (κ2) is 7.99. The molecule has 0 amide bonds. The Hall–Kier alpha value is -2.89. The average Bonchev–Trinajstić information content (AvgIpc) is 2.90. The normalized spacial score (nSPS) is 11.8. The molecule has 0 unspecified atom stereocenters. The Morgan fingerprint density at radius 2 is 1.92 bits per heavy atom. The zero-order valence-corrected chi connectivity index (χ0v) is 15.9. The van der Waals surface area contributed by atoms with Crippen molar-refractivity contribution in [1.82, 2.24) is 25.4 Å². The zero-order valence-electron chi connectivity index (χ0n) is 15.9. The molecule has 6 nitrogen and oxygen atoms in total. The number of benzene rings is 1. The van der Waals surface area contributed by atoms with Crippen molar-refractivity contribution in [1.29, 1.82) is 0 Å². The van der Waals surface area contributed by atoms with Gasteiger partial charge in [0, 0.05) is 55.9 Å². The molecule has 3 aromatic rings. The van der Waals surface area contributed by atoms with Crippen LogP contribution in [-0.2, 0) is 20.0 Å². The number of pyridine rings is 1. The molecule has 136 valence electrons. The Morgan fingerprint density at radius 1 is 1.12 bits per heavy atom. The number of fused-ring (bicyclic) bond motifs is 1. The van der Waals surface area contributed by atoms with Gasteiger partial charge in [-0.1, -0.05) is 24.3 Å². The number of aliphatic imine (C=N–C) groups is 1. The number of hydrogen-bond acceptors (Lipinski definition) is 3. The third-order valence-corrected chi connectivity index (χ3v) is 4.64. The van der Waals surface area contributed by atoms with Gasteiger partial charge in [0.25, 0.3) is 0 Å². The van der Waals surface area contributed by atoms with Crippen LogP contribution in [0.1, 0.15) is 22.6 Å². The molecule has 0 saturated heterocycles. The van der Waals surface area contributed by atoms with Crippen molar-refractivity contribution < 1.29 is 0 Å². The minimum absolute atomic E-state index is 0.708. The highest BCUT2D eigenvalue weighted by Crippen LogP contribution is 2.12. The maximum Gasteiger partial charge on any atom is 0.191 e. The van der Waals surface area contributed by atoms with Gasteiger partial charge < -0.3 is 10.6 Å². The van der Waals surface area contributed by atoms with Crippen molar-refractivity contribution in [2.45, 2.75) is 26.8 Å². The van der Waals surface area contributed by atoms with Gasteiger partial charge in [0.05, 0.1) is 11.2 Å². The fourth-order valence-electron chi connectivity index (χ4n) is 3.02. The van der Waals surface area contributed by atoms with Crippen molar-refractivity contribution in [2.75, 3.05) is 13.6 Å². The lowest BCUT2D eigenvalue weighted by molar-refractivity contribution is 0.728. The van der Waals surface area contributed by atoms with Crippen LogP contribution in [0.3, 0.4) is 0 Å². The van der Waals surface area contributed by atoms with E-state index in [0.29, 0.717) is 6.54 Å². The van der Waals surface area contributed by atoms with E-state index in [1.807, 2.05) is 36.9 Å². The van der Waals surface area contributed by atoms with E-state index < -0.39 is 0 Å². The molecule has 0 aliphatic heterocycles. The summed E-state index contributed by atoms with van der Waals surface area (Å²) in [4.78, 5) is 9.00. The van der Waals surface area contributed by atoms with E-state index in [1.54, 1.807) is 7.05 Å². The quantitative estimate of drug-likeness (QED) is 0.548. The molecule has 0 spiro atoms. The molecule has 26 heavy (non-hydrogen) atoms. The Labute approximate surface area is 154 Å². The first-order chi connectivity index (χ1) is 12.6. The van der Waals surface area contributed by atoms with Crippen LogP contribution in [-0.4, -0.2) is 34.3 Å². The van der Waals surface area contributed by atoms with Crippen LogP contribution >= 0.6 is 0 Å². The first-order valence-electron chi connectivity index (χ1n) is 8.86. The van der Waals surface area contributed by atoms with E-state index in [9.17, 15) is 0 Å². The summed E-state index contributed by atoms with van der Waals surface area (Å²) in [6.45, 7) is 5.60. The van der Waals surface area contributed by atoms with Gasteiger partial charge in [-0.2, -0.15) is 5.10 Å². The second-order valence-corrected chi connectivity index (χ2v) is 6.37. The Morgan fingerprint density at radius 3 is 2.65 bits per heavy atom. The topological polar surface area (TPSA) is 67.1 Å². The largest absolute Gasteiger partial charge is 0.356 e. The lowest BCUT2D eigenvalue weighted by Crippen LogP contribution is -2.38. The summed E-state index contributed by atoms with van der Waals surface area (Å²) in [7, 11) is 3.75. The first kappa shape index (κ1) is 17.9. The third kappa shape index (κ3) is 4.02. The van der Waals surface area contributed by atoms with E-state index in [2.05, 4.69) is 45.8 Å². The van der Waals surface area contributed by atoms with Crippen molar-refractivity contribution >= 4 is 16.9 Å². The Balaban J connectivity index is 1.53. The molecule has 0 aliphatic rings. The maximum absolute atomic E-state index is 4.71. The molecule has 0 saturated carbocycles. The smallest absolute Gasteiger partial charge is 0.191 e. The van der Waals surface area contributed by atoms with Gasteiger partial charge in [0.1, 0.15) is 0 Å². The first-order valence-corrected chi connectivity index (χ1v) is 8.86. The molecule has 0 radical (unpaired) electrons. The lowest BCUT2D eigenvalue weighted by Gasteiger charge is -2.12. The van der Waals surface area contributed by atoms with E-state index >= 15 is 0 Å². The van der Waals surface area contributed by atoms with Gasteiger partial charge in [-0.3, -0.25) is 14.7 Å². The maximum atomic E-state index is 4.71. The second-order valence-electron chi connectivity index (χ2n) is 6.37. The molecule has 0 fully saturated rings. The minimum atomic E-state index is 0.708. The summed E-state index contributed by atoms with van der Waals surface area (Å²) in [5.41, 5.74) is 5.55. The van der Waals surface area contributed by atoms with Crippen molar-refractivity contribution in [3.63, 3.8) is 0 Å². The highest BCUT2D eigenvalue weighted by Gasteiger charge is 2.09. The van der Waals surface area contributed by atoms with Crippen molar-refractivity contribution in [3.8, 4) is 0 Å². The van der Waals surface area contributed by atoms with Gasteiger partial charge in [-0.25, -0.2) is 0 Å². The van der Waals surface area contributed by atoms with Crippen LogP contribution in [0, 0.1) is 13.8 Å². The number of nitrogens with one attached hydrogen (secondary N) is 2. The number of rotatable bonds is 5. The summed E-state index contributed by atoms with van der Waals surface area (Å²) in [6.07, 6.45) is 0.844. The molecule has 0 bridgehead atoms. The number of nitrogens with zero attached hydrogens (tertiary/aromatic N) is 4. The van der Waals surface area contributed by atoms with Crippen LogP contribution in [0.15, 0.2) is 41.4 Å². The summed E-state index contributed by atoms with van der Waals surface area (Å²) >= 11 is 0. The number of guanidine groups is 1. The van der Waals surface area contributed by atoms with Gasteiger partial charge in [-0.05, 0) is 26.0 Å². The minimum Gasteiger partial charge on any atom is -0.356 e. The average molecular weight is 350 g/mol. The van der Waals surface area contributed by atoms with Crippen LogP contribution in [0.4, 0.5) is 0 Å². The lowest BCUT2D eigenvalue weighted by atomic mass is 10.2. The van der Waals surface area contributed by atoms with Crippen LogP contribution in [0.5, 0.6) is 0 Å². The highest BCUT2D eigenvalue weighted by molar-refractivity contribution is 5.80. The SMILES string of the molecule is CN=C(NCCc1ccc2ccccc2n1)NCc1c(C)nn(C)c1C. The fourth-order valence-corrected chi connectivity index (χ4v) is 3.02. The summed E-state index contributed by atoms with van der Waals surface area (Å²) in [5.74, 6) is 0.786. The van der Waals surface area contributed by atoms with E-state index in [-0.39, 0.29) is 0 Å². The molecule has 3 rings (SSSR count). The molecule has 2 aromatic heterocycles. The molecular weight excluding hydrogens is 324 g/mol. The summed E-state index contributed by atoms with van der Waals surface area (Å²) in [6, 6.07) is 12.4. The van der Waals surface area contributed by atoms with Gasteiger partial charge in [0.15, 0.2) is 5.96 Å². The van der Waals surface area contributed by atoms with Crippen LogP contribution in [0.25, 0.3) is 10.9 Å². The predicted molar refractivity (Wildman–Crippen MR) is 106 cm³/mol. The molecular formula is C20H26N6. The monoisotopic (exact) mass is 350 g/mol. The number of aromatic nitrogens is 3. The van der Waals surface area contributed by atoms with E-state index in [4.69, 9.17) is 4.98 Å². The molecule has 2 heterocycles. The molecule has 1 aromatic carbocycles. The third-order valence-electron chi connectivity index (χ3n) is 4.64. The molecule has 0 aliphatic carbocycles. The van der Waals surface area contributed by atoms with Crippen molar-refractivity contribution in [2.24, 2.45) is 12.0 Å². The van der Waals surface area contributed by atoms with Gasteiger partial charge in [-0.15, -0.1) is 0 Å². The van der Waals surface area contributed by atoms with Crippen LogP contribution in [0.2, 0.25) is 0 Å². The Bertz CT molecular complexity index is 925. The van der Waals surface area contributed by atoms with Crippen LogP contribution < -0.4 is 10.6 Å². The Kier molecular flexibility index (Phi) is 5.51. The molecule has 6 heteroatoms. The van der Waals surface area contributed by atoms with Gasteiger partial charge in [0.2, 0.25) is 0 Å². The number of aryl methyl sites for hydroxylation is 2. The van der Waals surface area contributed by atoms with E-state index in [0.717, 1.165) is 35.8 Å². The number of para-hydroxylation sites is 1. The molecule has 0 atom stereocenters.